The first-order chi connectivity index (χ1) is 13.0. The van der Waals surface area contributed by atoms with Crippen LogP contribution in [-0.4, -0.2) is 69.7 Å². The number of hydrogen-bond donors (Lipinski definition) is 0. The zero-order chi connectivity index (χ0) is 19.4. The van der Waals surface area contributed by atoms with Crippen molar-refractivity contribution in [1.82, 2.24) is 19.7 Å². The number of rotatable bonds is 6. The number of piperidine rings is 1. The van der Waals surface area contributed by atoms with Gasteiger partial charge in [0.15, 0.2) is 5.16 Å². The van der Waals surface area contributed by atoms with Crippen LogP contribution in [-0.2, 0) is 16.1 Å². The second-order valence-corrected chi connectivity index (χ2v) is 9.05. The fourth-order valence-electron chi connectivity index (χ4n) is 4.02. The molecule has 2 aliphatic rings. The monoisotopic (exact) mass is 395 g/mol. The maximum absolute atomic E-state index is 12.9. The minimum absolute atomic E-state index is 0.215. The van der Waals surface area contributed by atoms with Crippen molar-refractivity contribution < 1.29 is 9.53 Å². The van der Waals surface area contributed by atoms with Crippen LogP contribution in [0.3, 0.4) is 0 Å². The Hall–Kier alpha value is -1.28. The van der Waals surface area contributed by atoms with Crippen LogP contribution in [0.1, 0.15) is 47.0 Å². The smallest absolute Gasteiger partial charge is 0.233 e. The number of hydrogen-bond acceptors (Lipinski definition) is 6. The highest BCUT2D eigenvalue weighted by Crippen LogP contribution is 2.27. The highest BCUT2D eigenvalue weighted by Gasteiger charge is 2.29. The lowest BCUT2D eigenvalue weighted by molar-refractivity contribution is -0.134. The van der Waals surface area contributed by atoms with Gasteiger partial charge in [-0.25, -0.2) is 0 Å². The molecule has 0 radical (unpaired) electrons. The molecule has 2 unspecified atom stereocenters. The third-order valence-corrected chi connectivity index (χ3v) is 6.30. The topological polar surface area (TPSA) is 63.5 Å². The molecule has 3 rings (SSSR count). The van der Waals surface area contributed by atoms with Crippen LogP contribution in [0, 0.1) is 5.92 Å². The van der Waals surface area contributed by atoms with Crippen LogP contribution in [0.25, 0.3) is 0 Å². The molecule has 1 aromatic rings. The number of carbonyl (C=O) groups excluding carboxylic acids is 1. The summed E-state index contributed by atoms with van der Waals surface area (Å²) in [5.41, 5.74) is 0. The van der Waals surface area contributed by atoms with Gasteiger partial charge < -0.3 is 14.5 Å². The third-order valence-electron chi connectivity index (χ3n) is 5.35. The van der Waals surface area contributed by atoms with Gasteiger partial charge in [-0.1, -0.05) is 25.6 Å². The molecule has 2 atom stereocenters. The summed E-state index contributed by atoms with van der Waals surface area (Å²) in [6.45, 7) is 12.7. The number of anilines is 1. The standard InChI is InChI=1S/C19H33N5O2S/c1-14(2)12-23-18(22-8-10-26-11-9-22)20-21-19(23)27-13-17(25)24-15(3)6-5-7-16(24)4/h14-16H,5-13H2,1-4H3. The van der Waals surface area contributed by atoms with E-state index in [1.165, 1.54) is 18.2 Å². The molecule has 2 aliphatic heterocycles. The third kappa shape index (κ3) is 4.96. The number of amides is 1. The Kier molecular flexibility index (Phi) is 7.03. The van der Waals surface area contributed by atoms with Crippen LogP contribution < -0.4 is 4.90 Å². The van der Waals surface area contributed by atoms with Gasteiger partial charge in [0.2, 0.25) is 11.9 Å². The Balaban J connectivity index is 1.70. The van der Waals surface area contributed by atoms with Gasteiger partial charge in [0.25, 0.3) is 0 Å². The second kappa shape index (κ2) is 9.28. The Morgan fingerprint density at radius 3 is 2.48 bits per heavy atom. The van der Waals surface area contributed by atoms with E-state index in [1.807, 2.05) is 0 Å². The minimum Gasteiger partial charge on any atom is -0.378 e. The Morgan fingerprint density at radius 1 is 1.19 bits per heavy atom. The average Bonchev–Trinajstić information content (AvgIpc) is 3.02. The van der Waals surface area contributed by atoms with Crippen molar-refractivity contribution in [1.29, 1.82) is 0 Å². The summed E-state index contributed by atoms with van der Waals surface area (Å²) in [5, 5.41) is 9.72. The Bertz CT molecular complexity index is 620. The summed E-state index contributed by atoms with van der Waals surface area (Å²) in [7, 11) is 0. The van der Waals surface area contributed by atoms with Crippen molar-refractivity contribution in [2.24, 2.45) is 5.92 Å². The molecule has 0 saturated carbocycles. The highest BCUT2D eigenvalue weighted by atomic mass is 32.2. The SMILES string of the molecule is CC(C)Cn1c(SCC(=O)N2C(C)CCCC2C)nnc1N1CCOCC1. The van der Waals surface area contributed by atoms with Crippen molar-refractivity contribution in [3.63, 3.8) is 0 Å². The van der Waals surface area contributed by atoms with Gasteiger partial charge >= 0.3 is 0 Å². The van der Waals surface area contributed by atoms with E-state index in [0.29, 0.717) is 23.8 Å². The lowest BCUT2D eigenvalue weighted by Gasteiger charge is -2.39. The molecule has 0 N–H and O–H groups in total. The number of carbonyl (C=O) groups is 1. The van der Waals surface area contributed by atoms with E-state index < -0.39 is 0 Å². The van der Waals surface area contributed by atoms with Crippen LogP contribution in [0.15, 0.2) is 5.16 Å². The highest BCUT2D eigenvalue weighted by molar-refractivity contribution is 7.99. The lowest BCUT2D eigenvalue weighted by Crippen LogP contribution is -2.48. The largest absolute Gasteiger partial charge is 0.378 e. The quantitative estimate of drug-likeness (QED) is 0.690. The molecule has 0 aliphatic carbocycles. The van der Waals surface area contributed by atoms with Crippen molar-refractivity contribution in [2.45, 2.75) is 70.7 Å². The van der Waals surface area contributed by atoms with Crippen LogP contribution in [0.4, 0.5) is 5.95 Å². The molecule has 0 aromatic carbocycles. The van der Waals surface area contributed by atoms with Gasteiger partial charge in [-0.05, 0) is 39.0 Å². The maximum atomic E-state index is 12.9. The number of aromatic nitrogens is 3. The van der Waals surface area contributed by atoms with E-state index in [0.717, 1.165) is 56.8 Å². The molecule has 3 heterocycles. The van der Waals surface area contributed by atoms with E-state index >= 15 is 0 Å². The minimum atomic E-state index is 0.215. The molecular formula is C19H33N5O2S. The zero-order valence-corrected chi connectivity index (χ0v) is 17.9. The van der Waals surface area contributed by atoms with Crippen LogP contribution in [0.5, 0.6) is 0 Å². The first kappa shape index (κ1) is 20.5. The van der Waals surface area contributed by atoms with Gasteiger partial charge in [-0.15, -0.1) is 10.2 Å². The maximum Gasteiger partial charge on any atom is 0.233 e. The second-order valence-electron chi connectivity index (χ2n) is 8.11. The fourth-order valence-corrected chi connectivity index (χ4v) is 4.84. The summed E-state index contributed by atoms with van der Waals surface area (Å²) in [4.78, 5) is 17.2. The molecule has 27 heavy (non-hydrogen) atoms. The molecule has 1 aromatic heterocycles. The number of ether oxygens (including phenoxy) is 1. The molecule has 8 heteroatoms. The zero-order valence-electron chi connectivity index (χ0n) is 17.1. The molecule has 2 fully saturated rings. The molecule has 0 bridgehead atoms. The van der Waals surface area contributed by atoms with Crippen molar-refractivity contribution in [3.8, 4) is 0 Å². The first-order valence-electron chi connectivity index (χ1n) is 10.2. The van der Waals surface area contributed by atoms with E-state index in [4.69, 9.17) is 4.74 Å². The molecular weight excluding hydrogens is 362 g/mol. The fraction of sp³-hybridized carbons (Fsp3) is 0.842. The van der Waals surface area contributed by atoms with Crippen LogP contribution in [0.2, 0.25) is 0 Å². The Morgan fingerprint density at radius 2 is 1.85 bits per heavy atom. The summed E-state index contributed by atoms with van der Waals surface area (Å²) in [6.07, 6.45) is 3.42. The van der Waals surface area contributed by atoms with Gasteiger partial charge in [0.05, 0.1) is 19.0 Å². The van der Waals surface area contributed by atoms with Gasteiger partial charge in [0.1, 0.15) is 0 Å². The first-order valence-corrected chi connectivity index (χ1v) is 11.2. The van der Waals surface area contributed by atoms with Gasteiger partial charge in [0, 0.05) is 31.7 Å². The van der Waals surface area contributed by atoms with Gasteiger partial charge in [-0.3, -0.25) is 9.36 Å². The normalized spacial score (nSPS) is 23.9. The number of nitrogens with zero attached hydrogens (tertiary/aromatic N) is 5. The average molecular weight is 396 g/mol. The predicted octanol–water partition coefficient (Wildman–Crippen LogP) is 2.65. The van der Waals surface area contributed by atoms with Crippen molar-refractivity contribution in [3.05, 3.63) is 0 Å². The molecule has 1 amide bonds. The lowest BCUT2D eigenvalue weighted by atomic mass is 9.98. The summed E-state index contributed by atoms with van der Waals surface area (Å²) >= 11 is 1.52. The van der Waals surface area contributed by atoms with Gasteiger partial charge in [-0.2, -0.15) is 0 Å². The van der Waals surface area contributed by atoms with Crippen LogP contribution >= 0.6 is 11.8 Å². The summed E-state index contributed by atoms with van der Waals surface area (Å²) < 4.78 is 7.64. The summed E-state index contributed by atoms with van der Waals surface area (Å²) in [5.74, 6) is 2.03. The van der Waals surface area contributed by atoms with Crippen molar-refractivity contribution in [2.75, 3.05) is 37.0 Å². The predicted molar refractivity (Wildman–Crippen MR) is 108 cm³/mol. The summed E-state index contributed by atoms with van der Waals surface area (Å²) in [6, 6.07) is 0.665. The molecule has 2 saturated heterocycles. The van der Waals surface area contributed by atoms with E-state index in [-0.39, 0.29) is 5.91 Å². The molecule has 7 nitrogen and oxygen atoms in total. The number of thioether (sulfide) groups is 1. The van der Waals surface area contributed by atoms with E-state index in [9.17, 15) is 4.79 Å². The number of likely N-dealkylation sites (tertiary alicyclic amines) is 1. The van der Waals surface area contributed by atoms with Crippen molar-refractivity contribution >= 4 is 23.6 Å². The Labute approximate surface area is 166 Å². The molecule has 0 spiro atoms. The number of morpholine rings is 1. The van der Waals surface area contributed by atoms with E-state index in [2.05, 4.69) is 52.3 Å². The molecule has 152 valence electrons. The van der Waals surface area contributed by atoms with E-state index in [1.54, 1.807) is 0 Å².